The molecule has 24 heteroatoms. The van der Waals surface area contributed by atoms with Gasteiger partial charge in [-0.15, -0.1) is 0 Å². The monoisotopic (exact) mass is 1300 g/mol. The molecule has 0 radical (unpaired) electrons. The van der Waals surface area contributed by atoms with Gasteiger partial charge in [-0.25, -0.2) is 9.59 Å². The van der Waals surface area contributed by atoms with Crippen LogP contribution in [0.4, 0.5) is 4.79 Å². The molecule has 0 aromatic carbocycles. The summed E-state index contributed by atoms with van der Waals surface area (Å²) in [6.45, 7) is 19.2. The molecule has 3 fully saturated rings. The number of piperidine rings is 1. The van der Waals surface area contributed by atoms with E-state index in [1.54, 1.807) is 34.0 Å². The molecular weight excluding hydrogens is 1180 g/mol. The van der Waals surface area contributed by atoms with Gasteiger partial charge in [0, 0.05) is 77.7 Å². The summed E-state index contributed by atoms with van der Waals surface area (Å²) < 4.78 is 74.0. The lowest BCUT2D eigenvalue weighted by Crippen LogP contribution is -2.61. The smallest absolute Gasteiger partial charge is 0.407 e. The number of esters is 1. The van der Waals surface area contributed by atoms with Crippen molar-refractivity contribution >= 4 is 29.5 Å². The van der Waals surface area contributed by atoms with Crippen LogP contribution in [0, 0.1) is 29.6 Å². The fourth-order valence-electron chi connectivity index (χ4n) is 12.0. The number of nitrogens with one attached hydrogen (secondary N) is 1. The van der Waals surface area contributed by atoms with Crippen molar-refractivity contribution < 1.29 is 101 Å². The van der Waals surface area contributed by atoms with Gasteiger partial charge in [0.2, 0.25) is 5.79 Å². The molecule has 4 aliphatic rings. The number of alkyl carbamates (subject to hydrolysis) is 1. The summed E-state index contributed by atoms with van der Waals surface area (Å²) in [6, 6.07) is -2.09. The molecule has 16 atom stereocenters. The van der Waals surface area contributed by atoms with Crippen molar-refractivity contribution in [2.75, 3.05) is 127 Å². The van der Waals surface area contributed by atoms with E-state index in [1.807, 2.05) is 58.1 Å². The number of allylic oxidation sites excluding steroid dienone is 5. The number of cyclic esters (lactones) is 1. The van der Waals surface area contributed by atoms with Gasteiger partial charge in [-0.2, -0.15) is 0 Å². The summed E-state index contributed by atoms with van der Waals surface area (Å²) in [5.41, 5.74) is 8.30. The van der Waals surface area contributed by atoms with Crippen LogP contribution in [-0.4, -0.2) is 243 Å². The third-order valence-corrected chi connectivity index (χ3v) is 17.6. The minimum Gasteiger partial charge on any atom is -0.459 e. The number of aliphatic hydroxyl groups is 3. The van der Waals surface area contributed by atoms with Gasteiger partial charge in [0.25, 0.3) is 11.7 Å². The number of nitrogens with zero attached hydrogens (tertiary/aromatic N) is 1. The fourth-order valence-corrected chi connectivity index (χ4v) is 12.0. The van der Waals surface area contributed by atoms with Crippen LogP contribution in [0.25, 0.3) is 0 Å². The van der Waals surface area contributed by atoms with E-state index in [0.29, 0.717) is 149 Å². The van der Waals surface area contributed by atoms with Crippen LogP contribution in [-0.2, 0) is 80.8 Å². The Morgan fingerprint density at radius 2 is 1.33 bits per heavy atom. The van der Waals surface area contributed by atoms with Crippen LogP contribution in [0.3, 0.4) is 0 Å². The maximum absolute atomic E-state index is 14.6. The van der Waals surface area contributed by atoms with Crippen LogP contribution in [0.15, 0.2) is 47.6 Å². The Kier molecular flexibility index (Phi) is 38.2. The summed E-state index contributed by atoms with van der Waals surface area (Å²) in [5.74, 6) is -7.81. The molecule has 3 aliphatic heterocycles. The molecule has 24 nitrogen and oxygen atoms in total. The standard InChI is InChI=1S/C67H113N3O21/c1-11-82-27-28-84-31-32-86-35-36-88-38-37-87-34-33-85-30-29-83-26-24-69-66(77)90-56-23-21-51(42-59(56)80-9)41-53(68)58-44-55(71)47(4)40-49(6)61(73)62(81-10)60(72)48(5)39-45(2)17-13-12-14-18-46(3)57(79-8)43-52-22-20-50(7)67(78,91-52)63(74)64(75)70-25-16-15-19-54(70)65(76)89-58/h12-14,17-18,40,45,47-48,50-59,61-62,71,73,78H,11,15-16,19-39,41-44,68H2,1-10H3,(H,69,77)/b14-12+,17-13+,46-18+,49-40+/t45-,47-,48-,50-,51+,52+,53-,54+,55-,56-,57+,58+,59-,61-,62+,67-/m1/s1. The number of aliphatic hydroxyl groups excluding tert-OH is 2. The van der Waals surface area contributed by atoms with E-state index >= 15 is 0 Å². The SMILES string of the molecule is CCOCCOCCOCCOCCOCCOCCOCCNC(=O)O[C@@H]1CC[C@@H](C[C@@H](N)[C@@H]2C[C@@H](O)[C@H](C)/C=C(\C)[C@@H](O)[C@@H](OC)C(=O)[C@H](C)C[C@H](C)/C=C/C=C/C=C(\C)[C@@H](OC)C[C@@H]3CC[C@@H](C)[C@@](O)(O3)C(=O)C(=O)N3CCCC[C@H]3C(=O)O2)C[C@H]1OC. The number of hydrogen-bond acceptors (Lipinski definition) is 22. The Morgan fingerprint density at radius 3 is 1.92 bits per heavy atom. The first-order valence-corrected chi connectivity index (χ1v) is 33.1. The maximum Gasteiger partial charge on any atom is 0.407 e. The van der Waals surface area contributed by atoms with Crippen molar-refractivity contribution in [2.24, 2.45) is 35.3 Å². The van der Waals surface area contributed by atoms with Crippen LogP contribution >= 0.6 is 0 Å². The third-order valence-electron chi connectivity index (χ3n) is 17.6. The normalized spacial score (nSPS) is 33.0. The van der Waals surface area contributed by atoms with Gasteiger partial charge < -0.3 is 92.8 Å². The van der Waals surface area contributed by atoms with Crippen molar-refractivity contribution in [3.63, 3.8) is 0 Å². The summed E-state index contributed by atoms with van der Waals surface area (Å²) in [5, 5.41) is 38.4. The van der Waals surface area contributed by atoms with Crippen molar-refractivity contribution in [1.29, 1.82) is 0 Å². The number of carbonyl (C=O) groups excluding carboxylic acids is 5. The van der Waals surface area contributed by atoms with Crippen LogP contribution < -0.4 is 11.1 Å². The molecule has 1 saturated carbocycles. The second kappa shape index (κ2) is 43.8. The molecule has 2 amide bonds. The van der Waals surface area contributed by atoms with E-state index in [9.17, 15) is 39.3 Å². The molecule has 6 N–H and O–H groups in total. The fraction of sp³-hybridized carbons (Fsp3) is 0.806. The molecule has 1 aliphatic carbocycles. The van der Waals surface area contributed by atoms with Gasteiger partial charge in [-0.3, -0.25) is 14.4 Å². The number of rotatable bonds is 29. The number of Topliss-reactive ketones (excluding diaryl/α,β-unsaturated/α-hetero) is 2. The van der Waals surface area contributed by atoms with E-state index in [4.69, 9.17) is 67.3 Å². The predicted octanol–water partition coefficient (Wildman–Crippen LogP) is 5.53. The lowest BCUT2D eigenvalue weighted by atomic mass is 9.80. The largest absolute Gasteiger partial charge is 0.459 e. The van der Waals surface area contributed by atoms with Crippen molar-refractivity contribution in [3.05, 3.63) is 47.6 Å². The van der Waals surface area contributed by atoms with Gasteiger partial charge >= 0.3 is 12.1 Å². The molecule has 4 rings (SSSR count). The molecule has 0 aromatic rings. The maximum atomic E-state index is 14.6. The Hall–Kier alpha value is -4.09. The molecule has 522 valence electrons. The van der Waals surface area contributed by atoms with Crippen molar-refractivity contribution in [2.45, 2.75) is 192 Å². The molecule has 3 heterocycles. The minimum atomic E-state index is -2.48. The molecule has 0 aromatic heterocycles. The van der Waals surface area contributed by atoms with Crippen molar-refractivity contribution in [3.8, 4) is 0 Å². The van der Waals surface area contributed by atoms with Crippen LogP contribution in [0.5, 0.6) is 0 Å². The summed E-state index contributed by atoms with van der Waals surface area (Å²) in [6.07, 6.45) is 7.96. The van der Waals surface area contributed by atoms with Gasteiger partial charge in [-0.05, 0) is 108 Å². The van der Waals surface area contributed by atoms with Gasteiger partial charge in [0.1, 0.15) is 30.5 Å². The quantitative estimate of drug-likeness (QED) is 0.0266. The highest BCUT2D eigenvalue weighted by Crippen LogP contribution is 2.38. The van der Waals surface area contributed by atoms with E-state index in [1.165, 1.54) is 14.2 Å². The van der Waals surface area contributed by atoms with Gasteiger partial charge in [-0.1, -0.05) is 64.2 Å². The third kappa shape index (κ3) is 27.6. The number of ketones is 2. The Labute approximate surface area is 540 Å². The first kappa shape index (κ1) is 79.3. The first-order valence-electron chi connectivity index (χ1n) is 33.1. The topological polar surface area (TPSA) is 307 Å². The van der Waals surface area contributed by atoms with Crippen LogP contribution in [0.1, 0.15) is 126 Å². The highest BCUT2D eigenvalue weighted by Gasteiger charge is 2.53. The molecule has 91 heavy (non-hydrogen) atoms. The van der Waals surface area contributed by atoms with E-state index < -0.39 is 108 Å². The van der Waals surface area contributed by atoms with Gasteiger partial charge in [0.15, 0.2) is 5.78 Å². The van der Waals surface area contributed by atoms with Crippen LogP contribution in [0.2, 0.25) is 0 Å². The van der Waals surface area contributed by atoms with Crippen molar-refractivity contribution in [1.82, 2.24) is 10.2 Å². The Bertz CT molecular complexity index is 2250. The number of nitrogens with two attached hydrogens (primary N) is 1. The first-order chi connectivity index (χ1) is 43.7. The number of amides is 2. The second-order valence-electron chi connectivity index (χ2n) is 24.7. The number of methoxy groups -OCH3 is 3. The highest BCUT2D eigenvalue weighted by atomic mass is 16.6. The summed E-state index contributed by atoms with van der Waals surface area (Å²) in [4.78, 5) is 71.5. The minimum absolute atomic E-state index is 0.00723. The molecule has 0 spiro atoms. The molecule has 2 saturated heterocycles. The number of hydrogen-bond donors (Lipinski definition) is 5. The highest BCUT2D eigenvalue weighted by molar-refractivity contribution is 6.39. The molecule has 2 bridgehead atoms. The lowest BCUT2D eigenvalue weighted by Gasteiger charge is -2.42. The molecule has 0 unspecified atom stereocenters. The second-order valence-corrected chi connectivity index (χ2v) is 24.7. The zero-order valence-corrected chi connectivity index (χ0v) is 56.1. The van der Waals surface area contributed by atoms with E-state index in [2.05, 4.69) is 5.32 Å². The average molecular weight is 1300 g/mol. The summed E-state index contributed by atoms with van der Waals surface area (Å²) in [7, 11) is 4.48. The average Bonchev–Trinajstić information content (AvgIpc) is 1.05. The van der Waals surface area contributed by atoms with Gasteiger partial charge in [0.05, 0.1) is 110 Å². The zero-order valence-electron chi connectivity index (χ0n) is 56.1. The number of carbonyl (C=O) groups is 5. The van der Waals surface area contributed by atoms with E-state index in [0.717, 1.165) is 10.5 Å². The Balaban J connectivity index is 1.38. The predicted molar refractivity (Wildman–Crippen MR) is 339 cm³/mol. The summed E-state index contributed by atoms with van der Waals surface area (Å²) >= 11 is 0. The Morgan fingerprint density at radius 1 is 0.714 bits per heavy atom. The van der Waals surface area contributed by atoms with E-state index in [-0.39, 0.29) is 56.6 Å². The number of fused-ring (bicyclic) bond motifs is 3. The lowest BCUT2D eigenvalue weighted by molar-refractivity contribution is -0.265. The zero-order chi connectivity index (χ0) is 66.7. The number of ether oxygens (including phenoxy) is 13. The molecular formula is C67H113N3O21.